The Morgan fingerprint density at radius 2 is 2.00 bits per heavy atom. The van der Waals surface area contributed by atoms with Crippen molar-refractivity contribution in [3.63, 3.8) is 0 Å². The molecular formula is C15H14Br2N2O2. The number of amides is 2. The molecule has 0 aliphatic heterocycles. The molecule has 110 valence electrons. The molecule has 0 atom stereocenters. The first-order valence-electron chi connectivity index (χ1n) is 6.21. The number of carbonyl (C=O) groups is 1. The van der Waals surface area contributed by atoms with Gasteiger partial charge in [-0.1, -0.05) is 28.1 Å². The van der Waals surface area contributed by atoms with Crippen molar-refractivity contribution in [2.75, 3.05) is 12.4 Å². The zero-order valence-corrected chi connectivity index (χ0v) is 14.5. The van der Waals surface area contributed by atoms with E-state index in [1.807, 2.05) is 42.5 Å². The van der Waals surface area contributed by atoms with Gasteiger partial charge in [-0.2, -0.15) is 0 Å². The Bertz CT molecular complexity index is 647. The summed E-state index contributed by atoms with van der Waals surface area (Å²) in [5.74, 6) is 0.768. The van der Waals surface area contributed by atoms with Gasteiger partial charge in [0.1, 0.15) is 5.75 Å². The minimum atomic E-state index is -0.267. The molecule has 0 aliphatic carbocycles. The van der Waals surface area contributed by atoms with Crippen LogP contribution < -0.4 is 15.4 Å². The maximum Gasteiger partial charge on any atom is 0.319 e. The molecule has 0 aliphatic rings. The van der Waals surface area contributed by atoms with Crippen LogP contribution in [0.1, 0.15) is 5.56 Å². The average Bonchev–Trinajstić information content (AvgIpc) is 2.49. The van der Waals surface area contributed by atoms with Gasteiger partial charge in [-0.25, -0.2) is 4.79 Å². The van der Waals surface area contributed by atoms with Crippen molar-refractivity contribution in [2.24, 2.45) is 0 Å². The Morgan fingerprint density at radius 1 is 1.19 bits per heavy atom. The van der Waals surface area contributed by atoms with Gasteiger partial charge in [0.15, 0.2) is 0 Å². The number of benzene rings is 2. The van der Waals surface area contributed by atoms with E-state index in [0.29, 0.717) is 12.2 Å². The average molecular weight is 414 g/mol. The molecule has 2 aromatic carbocycles. The quantitative estimate of drug-likeness (QED) is 0.772. The molecule has 2 N–H and O–H groups in total. The third-order valence-electron chi connectivity index (χ3n) is 2.76. The second-order valence-corrected chi connectivity index (χ2v) is 6.05. The minimum Gasteiger partial charge on any atom is -0.497 e. The lowest BCUT2D eigenvalue weighted by Crippen LogP contribution is -2.28. The van der Waals surface area contributed by atoms with E-state index in [1.54, 1.807) is 7.11 Å². The van der Waals surface area contributed by atoms with Crippen molar-refractivity contribution in [3.05, 3.63) is 57.0 Å². The van der Waals surface area contributed by atoms with Gasteiger partial charge in [-0.3, -0.25) is 0 Å². The third-order valence-corrected chi connectivity index (χ3v) is 3.95. The molecule has 0 unspecified atom stereocenters. The number of hydrogen-bond acceptors (Lipinski definition) is 2. The molecule has 21 heavy (non-hydrogen) atoms. The number of carbonyl (C=O) groups excluding carboxylic acids is 1. The van der Waals surface area contributed by atoms with Crippen LogP contribution in [0.4, 0.5) is 10.5 Å². The van der Waals surface area contributed by atoms with Gasteiger partial charge >= 0.3 is 6.03 Å². The van der Waals surface area contributed by atoms with Gasteiger partial charge in [-0.15, -0.1) is 0 Å². The maximum atomic E-state index is 11.9. The standard InChI is InChI=1S/C15H14Br2N2O2/c1-21-12-4-2-3-10(7-12)9-18-15(20)19-14-8-11(16)5-6-13(14)17/h2-8H,9H2,1H3,(H2,18,19,20). The second-order valence-electron chi connectivity index (χ2n) is 4.28. The summed E-state index contributed by atoms with van der Waals surface area (Å²) < 4.78 is 6.87. The normalized spacial score (nSPS) is 10.0. The lowest BCUT2D eigenvalue weighted by molar-refractivity contribution is 0.251. The second kappa shape index (κ2) is 7.47. The Morgan fingerprint density at radius 3 is 2.76 bits per heavy atom. The highest BCUT2D eigenvalue weighted by molar-refractivity contribution is 9.11. The summed E-state index contributed by atoms with van der Waals surface area (Å²) in [4.78, 5) is 11.9. The summed E-state index contributed by atoms with van der Waals surface area (Å²) in [6.45, 7) is 0.425. The molecule has 0 heterocycles. The van der Waals surface area contributed by atoms with E-state index in [-0.39, 0.29) is 6.03 Å². The van der Waals surface area contributed by atoms with E-state index in [2.05, 4.69) is 42.5 Å². The van der Waals surface area contributed by atoms with E-state index in [0.717, 1.165) is 20.3 Å². The predicted octanol–water partition coefficient (Wildman–Crippen LogP) is 4.54. The lowest BCUT2D eigenvalue weighted by atomic mass is 10.2. The highest BCUT2D eigenvalue weighted by Crippen LogP contribution is 2.26. The zero-order chi connectivity index (χ0) is 15.2. The van der Waals surface area contributed by atoms with E-state index < -0.39 is 0 Å². The monoisotopic (exact) mass is 412 g/mol. The molecule has 4 nitrogen and oxygen atoms in total. The molecule has 0 saturated heterocycles. The molecule has 0 fully saturated rings. The first-order valence-corrected chi connectivity index (χ1v) is 7.80. The van der Waals surface area contributed by atoms with Crippen molar-refractivity contribution >= 4 is 43.6 Å². The molecule has 0 bridgehead atoms. The van der Waals surface area contributed by atoms with Gasteiger partial charge in [0.2, 0.25) is 0 Å². The summed E-state index contributed by atoms with van der Waals surface area (Å²) in [7, 11) is 1.62. The van der Waals surface area contributed by atoms with E-state index >= 15 is 0 Å². The fourth-order valence-corrected chi connectivity index (χ4v) is 2.43. The van der Waals surface area contributed by atoms with E-state index in [9.17, 15) is 4.79 Å². The highest BCUT2D eigenvalue weighted by Gasteiger charge is 2.06. The van der Waals surface area contributed by atoms with Crippen LogP contribution in [-0.2, 0) is 6.54 Å². The largest absolute Gasteiger partial charge is 0.497 e. The molecule has 0 radical (unpaired) electrons. The number of urea groups is 1. The zero-order valence-electron chi connectivity index (χ0n) is 11.3. The third kappa shape index (κ3) is 4.75. The molecule has 0 spiro atoms. The van der Waals surface area contributed by atoms with Gasteiger partial charge < -0.3 is 15.4 Å². The molecule has 2 rings (SSSR count). The Hall–Kier alpha value is -1.53. The van der Waals surface area contributed by atoms with Gasteiger partial charge in [0.25, 0.3) is 0 Å². The lowest BCUT2D eigenvalue weighted by Gasteiger charge is -2.10. The SMILES string of the molecule is COc1cccc(CNC(=O)Nc2cc(Br)ccc2Br)c1. The summed E-state index contributed by atoms with van der Waals surface area (Å²) >= 11 is 6.77. The molecule has 6 heteroatoms. The molecule has 2 amide bonds. The summed E-state index contributed by atoms with van der Waals surface area (Å²) in [5, 5.41) is 5.60. The number of methoxy groups -OCH3 is 1. The van der Waals surface area contributed by atoms with Gasteiger partial charge in [0, 0.05) is 15.5 Å². The van der Waals surface area contributed by atoms with Crippen LogP contribution in [0.2, 0.25) is 0 Å². The maximum absolute atomic E-state index is 11.9. The number of rotatable bonds is 4. The van der Waals surface area contributed by atoms with Crippen molar-refractivity contribution in [2.45, 2.75) is 6.54 Å². The highest BCUT2D eigenvalue weighted by atomic mass is 79.9. The minimum absolute atomic E-state index is 0.267. The summed E-state index contributed by atoms with van der Waals surface area (Å²) in [5.41, 5.74) is 1.67. The number of anilines is 1. The van der Waals surface area contributed by atoms with Crippen molar-refractivity contribution in [1.29, 1.82) is 0 Å². The van der Waals surface area contributed by atoms with Crippen molar-refractivity contribution in [1.82, 2.24) is 5.32 Å². The Balaban J connectivity index is 1.94. The summed E-state index contributed by atoms with van der Waals surface area (Å²) in [6, 6.07) is 12.9. The van der Waals surface area contributed by atoms with Crippen LogP contribution in [-0.4, -0.2) is 13.1 Å². The van der Waals surface area contributed by atoms with Crippen LogP contribution in [0.5, 0.6) is 5.75 Å². The molecule has 0 aromatic heterocycles. The summed E-state index contributed by atoms with van der Waals surface area (Å²) in [6.07, 6.45) is 0. The van der Waals surface area contributed by atoms with Crippen LogP contribution in [0.15, 0.2) is 51.4 Å². The topological polar surface area (TPSA) is 50.4 Å². The van der Waals surface area contributed by atoms with Gasteiger partial charge in [-0.05, 0) is 51.8 Å². The number of hydrogen-bond donors (Lipinski definition) is 2. The van der Waals surface area contributed by atoms with E-state index in [1.165, 1.54) is 0 Å². The smallest absolute Gasteiger partial charge is 0.319 e. The predicted molar refractivity (Wildman–Crippen MR) is 90.7 cm³/mol. The fourth-order valence-electron chi connectivity index (χ4n) is 1.72. The molecule has 0 saturated carbocycles. The van der Waals surface area contributed by atoms with Crippen LogP contribution >= 0.6 is 31.9 Å². The fraction of sp³-hybridized carbons (Fsp3) is 0.133. The number of halogens is 2. The first kappa shape index (κ1) is 15.9. The number of nitrogens with one attached hydrogen (secondary N) is 2. The Labute approximate surface area is 140 Å². The van der Waals surface area contributed by atoms with Crippen LogP contribution in [0.3, 0.4) is 0 Å². The van der Waals surface area contributed by atoms with Crippen molar-refractivity contribution in [3.8, 4) is 5.75 Å². The molecule has 2 aromatic rings. The van der Waals surface area contributed by atoms with E-state index in [4.69, 9.17) is 4.74 Å². The number of ether oxygens (including phenoxy) is 1. The van der Waals surface area contributed by atoms with Crippen molar-refractivity contribution < 1.29 is 9.53 Å². The van der Waals surface area contributed by atoms with Crippen LogP contribution in [0.25, 0.3) is 0 Å². The van der Waals surface area contributed by atoms with Gasteiger partial charge in [0.05, 0.1) is 12.8 Å². The first-order chi connectivity index (χ1) is 10.1. The van der Waals surface area contributed by atoms with Crippen LogP contribution in [0, 0.1) is 0 Å². The Kier molecular flexibility index (Phi) is 5.64. The molecular weight excluding hydrogens is 400 g/mol.